The van der Waals surface area contributed by atoms with Crippen LogP contribution in [0.25, 0.3) is 11.6 Å². The molecule has 3 nitrogen and oxygen atoms in total. The summed E-state index contributed by atoms with van der Waals surface area (Å²) < 4.78 is 0. The average molecular weight is 171 g/mol. The molecule has 1 atom stereocenters. The van der Waals surface area contributed by atoms with E-state index in [1.165, 1.54) is 0 Å². The Kier molecular flexibility index (Phi) is 1.81. The minimum absolute atomic E-state index is 0.314. The lowest BCUT2D eigenvalue weighted by Crippen LogP contribution is -2.23. The molecule has 13 heavy (non-hydrogen) atoms. The van der Waals surface area contributed by atoms with E-state index in [1.807, 2.05) is 30.3 Å². The first-order chi connectivity index (χ1) is 6.33. The van der Waals surface area contributed by atoms with E-state index in [0.29, 0.717) is 5.71 Å². The molecule has 0 heterocycles. The van der Waals surface area contributed by atoms with Crippen molar-refractivity contribution in [1.82, 2.24) is 0 Å². The molecule has 0 aliphatic heterocycles. The number of nitrogens with two attached hydrogens (primary N) is 1. The summed E-state index contributed by atoms with van der Waals surface area (Å²) in [6, 6.07) is 7.49. The summed E-state index contributed by atoms with van der Waals surface area (Å²) in [4.78, 5) is 3.13. The smallest absolute Gasteiger partial charge is 0.313 e. The molecule has 0 aromatic heterocycles. The van der Waals surface area contributed by atoms with Crippen LogP contribution in [0.1, 0.15) is 17.2 Å². The van der Waals surface area contributed by atoms with Crippen LogP contribution in [0.15, 0.2) is 30.3 Å². The zero-order chi connectivity index (χ0) is 9.26. The molecule has 1 aromatic rings. The fraction of sp³-hybridized carbons (Fsp3) is 0.100. The second-order valence-electron chi connectivity index (χ2n) is 2.96. The van der Waals surface area contributed by atoms with E-state index < -0.39 is 0 Å². The first-order valence-electron chi connectivity index (χ1n) is 4.07. The van der Waals surface area contributed by atoms with Crippen LogP contribution in [0, 0.1) is 0 Å². The van der Waals surface area contributed by atoms with Crippen molar-refractivity contribution in [2.75, 3.05) is 0 Å². The van der Waals surface area contributed by atoms with Crippen molar-refractivity contribution in [1.29, 1.82) is 0 Å². The largest absolute Gasteiger partial charge is 0.361 e. The normalized spacial score (nSPS) is 19.5. The third-order valence-corrected chi connectivity index (χ3v) is 2.20. The third-order valence-electron chi connectivity index (χ3n) is 2.20. The van der Waals surface area contributed by atoms with Crippen molar-refractivity contribution in [2.45, 2.75) is 6.04 Å². The quantitative estimate of drug-likeness (QED) is 0.465. The van der Waals surface area contributed by atoms with Gasteiger partial charge in [0.1, 0.15) is 6.04 Å². The van der Waals surface area contributed by atoms with Crippen LogP contribution in [0.4, 0.5) is 0 Å². The van der Waals surface area contributed by atoms with E-state index in [-0.39, 0.29) is 6.04 Å². The average Bonchev–Trinajstić information content (AvgIpc) is 2.19. The van der Waals surface area contributed by atoms with Gasteiger partial charge in [0, 0.05) is 6.08 Å². The van der Waals surface area contributed by atoms with Gasteiger partial charge < -0.3 is 11.3 Å². The van der Waals surface area contributed by atoms with Crippen LogP contribution >= 0.6 is 0 Å². The predicted octanol–water partition coefficient (Wildman–Crippen LogP) is 1.38. The Hall–Kier alpha value is -1.70. The minimum Gasteiger partial charge on any atom is -0.361 e. The molecule has 2 rings (SSSR count). The third kappa shape index (κ3) is 1.20. The van der Waals surface area contributed by atoms with Gasteiger partial charge in [-0.3, -0.25) is 0 Å². The summed E-state index contributed by atoms with van der Waals surface area (Å²) >= 11 is 0. The maximum Gasteiger partial charge on any atom is 0.313 e. The lowest BCUT2D eigenvalue weighted by atomic mass is 9.92. The van der Waals surface area contributed by atoms with Gasteiger partial charge in [-0.2, -0.15) is 4.79 Å². The van der Waals surface area contributed by atoms with Crippen LogP contribution in [0.2, 0.25) is 0 Å². The highest BCUT2D eigenvalue weighted by atomic mass is 14.9. The van der Waals surface area contributed by atoms with E-state index in [0.717, 1.165) is 11.1 Å². The molecule has 1 aliphatic rings. The molecule has 64 valence electrons. The number of fused-ring (bicyclic) bond motifs is 1. The maximum atomic E-state index is 8.64. The summed E-state index contributed by atoms with van der Waals surface area (Å²) in [5.41, 5.74) is 17.1. The van der Waals surface area contributed by atoms with Gasteiger partial charge in [0.05, 0.1) is 0 Å². The molecule has 0 amide bonds. The standard InChI is InChI=1S/C10H9N3/c11-10-8-4-2-1-3-7(8)5-6-9(10)13-12/h1-6,10H,11H2. The van der Waals surface area contributed by atoms with Crippen molar-refractivity contribution >= 4 is 11.8 Å². The van der Waals surface area contributed by atoms with Crippen molar-refractivity contribution in [2.24, 2.45) is 5.73 Å². The number of benzene rings is 1. The molecular weight excluding hydrogens is 162 g/mol. The molecule has 0 saturated carbocycles. The van der Waals surface area contributed by atoms with Crippen LogP contribution in [0.5, 0.6) is 0 Å². The highest BCUT2D eigenvalue weighted by molar-refractivity contribution is 6.01. The molecular formula is C10H9N3. The highest BCUT2D eigenvalue weighted by Crippen LogP contribution is 2.22. The summed E-state index contributed by atoms with van der Waals surface area (Å²) in [6.07, 6.45) is 3.63. The molecule has 1 aromatic carbocycles. The summed E-state index contributed by atoms with van der Waals surface area (Å²) in [5, 5.41) is 0. The van der Waals surface area contributed by atoms with Crippen LogP contribution in [-0.4, -0.2) is 10.5 Å². The van der Waals surface area contributed by atoms with Gasteiger partial charge in [-0.15, -0.1) is 0 Å². The Bertz CT molecular complexity index is 414. The summed E-state index contributed by atoms with van der Waals surface area (Å²) in [5.74, 6) is 0. The molecule has 1 aliphatic carbocycles. The Morgan fingerprint density at radius 2 is 2.00 bits per heavy atom. The molecule has 0 saturated heterocycles. The topological polar surface area (TPSA) is 62.4 Å². The number of nitrogens with zero attached hydrogens (tertiary/aromatic N) is 2. The van der Waals surface area contributed by atoms with Gasteiger partial charge in [-0.1, -0.05) is 24.3 Å². The molecule has 2 N–H and O–H groups in total. The highest BCUT2D eigenvalue weighted by Gasteiger charge is 2.23. The Labute approximate surface area is 76.1 Å². The van der Waals surface area contributed by atoms with Gasteiger partial charge in [0.2, 0.25) is 0 Å². The second-order valence-corrected chi connectivity index (χ2v) is 2.96. The van der Waals surface area contributed by atoms with E-state index in [4.69, 9.17) is 11.3 Å². The van der Waals surface area contributed by atoms with Crippen LogP contribution in [0.3, 0.4) is 0 Å². The number of rotatable bonds is 0. The Balaban J connectivity index is 2.61. The predicted molar refractivity (Wildman–Crippen MR) is 51.0 cm³/mol. The van der Waals surface area contributed by atoms with Crippen molar-refractivity contribution in [3.8, 4) is 0 Å². The first kappa shape index (κ1) is 7.92. The van der Waals surface area contributed by atoms with E-state index in [2.05, 4.69) is 4.79 Å². The Morgan fingerprint density at radius 3 is 2.77 bits per heavy atom. The SMILES string of the molecule is [N-]=[N+]=C1C=Cc2ccccc2C1N. The van der Waals surface area contributed by atoms with Crippen molar-refractivity contribution in [3.63, 3.8) is 0 Å². The van der Waals surface area contributed by atoms with Gasteiger partial charge in [0.15, 0.2) is 0 Å². The van der Waals surface area contributed by atoms with Crippen LogP contribution in [-0.2, 0) is 0 Å². The molecule has 1 unspecified atom stereocenters. The van der Waals surface area contributed by atoms with Crippen molar-refractivity contribution in [3.05, 3.63) is 47.0 Å². The van der Waals surface area contributed by atoms with E-state index in [1.54, 1.807) is 6.08 Å². The maximum absolute atomic E-state index is 8.64. The van der Waals surface area contributed by atoms with Crippen LogP contribution < -0.4 is 5.73 Å². The van der Waals surface area contributed by atoms with E-state index >= 15 is 0 Å². The summed E-state index contributed by atoms with van der Waals surface area (Å²) in [7, 11) is 0. The lowest BCUT2D eigenvalue weighted by Gasteiger charge is -2.13. The monoisotopic (exact) mass is 171 g/mol. The lowest BCUT2D eigenvalue weighted by molar-refractivity contribution is -0.00785. The van der Waals surface area contributed by atoms with E-state index in [9.17, 15) is 0 Å². The fourth-order valence-electron chi connectivity index (χ4n) is 1.48. The number of hydrogen-bond donors (Lipinski definition) is 1. The Morgan fingerprint density at radius 1 is 1.23 bits per heavy atom. The first-order valence-corrected chi connectivity index (χ1v) is 4.07. The molecule has 0 bridgehead atoms. The zero-order valence-corrected chi connectivity index (χ0v) is 7.01. The van der Waals surface area contributed by atoms with Gasteiger partial charge in [-0.05, 0) is 17.2 Å². The second kappa shape index (κ2) is 2.98. The van der Waals surface area contributed by atoms with Gasteiger partial charge in [0.25, 0.3) is 0 Å². The molecule has 0 radical (unpaired) electrons. The van der Waals surface area contributed by atoms with Gasteiger partial charge >= 0.3 is 5.71 Å². The molecule has 0 fully saturated rings. The number of hydrogen-bond acceptors (Lipinski definition) is 1. The minimum atomic E-state index is -0.314. The summed E-state index contributed by atoms with van der Waals surface area (Å²) in [6.45, 7) is 0. The van der Waals surface area contributed by atoms with Gasteiger partial charge in [-0.25, -0.2) is 0 Å². The van der Waals surface area contributed by atoms with Crippen molar-refractivity contribution < 1.29 is 4.79 Å². The fourth-order valence-corrected chi connectivity index (χ4v) is 1.48. The zero-order valence-electron chi connectivity index (χ0n) is 7.01. The molecule has 3 heteroatoms. The molecule has 0 spiro atoms.